The van der Waals surface area contributed by atoms with Crippen LogP contribution in [0.25, 0.3) is 0 Å². The van der Waals surface area contributed by atoms with E-state index in [1.165, 1.54) is 6.92 Å². The van der Waals surface area contributed by atoms with Gasteiger partial charge in [-0.1, -0.05) is 0 Å². The molecule has 3 rings (SSSR count). The number of benzene rings is 1. The summed E-state index contributed by atoms with van der Waals surface area (Å²) < 4.78 is 17.7. The van der Waals surface area contributed by atoms with Crippen LogP contribution in [-0.2, 0) is 13.0 Å². The van der Waals surface area contributed by atoms with Gasteiger partial charge in [-0.3, -0.25) is 0 Å². The van der Waals surface area contributed by atoms with E-state index >= 15 is 0 Å². The first-order valence-corrected chi connectivity index (χ1v) is 6.93. The van der Waals surface area contributed by atoms with Crippen LogP contribution in [0.4, 0.5) is 15.9 Å². The number of hydrogen-bond acceptors (Lipinski definition) is 5. The number of nitrogens with zero attached hydrogens (tertiary/aromatic N) is 2. The Kier molecular flexibility index (Phi) is 3.96. The predicted octanol–water partition coefficient (Wildman–Crippen LogP) is 2.56. The molecule has 0 spiro atoms. The number of aromatic nitrogens is 2. The number of fused-ring (bicyclic) bond motifs is 1. The maximum absolute atomic E-state index is 12.8. The van der Waals surface area contributed by atoms with Crippen LogP contribution in [0.1, 0.15) is 18.2 Å². The maximum atomic E-state index is 12.8. The molecular weight excluding hydrogens is 271 g/mol. The van der Waals surface area contributed by atoms with Gasteiger partial charge in [-0.2, -0.15) is 0 Å². The first-order valence-electron chi connectivity index (χ1n) is 6.93. The average molecular weight is 288 g/mol. The molecule has 6 heteroatoms. The SMILES string of the molecule is CC(F)Oc1ccc(Nc2ncnc3c2CCNC3)cc1. The van der Waals surface area contributed by atoms with E-state index in [2.05, 4.69) is 20.6 Å². The van der Waals surface area contributed by atoms with Gasteiger partial charge in [0.15, 0.2) is 0 Å². The quantitative estimate of drug-likeness (QED) is 0.905. The van der Waals surface area contributed by atoms with Gasteiger partial charge in [0.05, 0.1) is 5.69 Å². The van der Waals surface area contributed by atoms with Crippen molar-refractivity contribution in [3.05, 3.63) is 41.9 Å². The number of nitrogens with one attached hydrogen (secondary N) is 2. The third-order valence-corrected chi connectivity index (χ3v) is 3.29. The molecule has 21 heavy (non-hydrogen) atoms. The zero-order chi connectivity index (χ0) is 14.7. The third kappa shape index (κ3) is 3.28. The number of rotatable bonds is 4. The third-order valence-electron chi connectivity index (χ3n) is 3.29. The van der Waals surface area contributed by atoms with Crippen LogP contribution >= 0.6 is 0 Å². The van der Waals surface area contributed by atoms with Gasteiger partial charge < -0.3 is 15.4 Å². The Bertz CT molecular complexity index is 616. The molecule has 0 amide bonds. The topological polar surface area (TPSA) is 59.1 Å². The van der Waals surface area contributed by atoms with Crippen molar-refractivity contribution >= 4 is 11.5 Å². The number of anilines is 2. The standard InChI is InChI=1S/C15H17FN4O/c1-10(16)21-12-4-2-11(3-5-12)20-15-13-6-7-17-8-14(13)18-9-19-15/h2-5,9-10,17H,6-8H2,1H3,(H,18,19,20). The minimum atomic E-state index is -1.31. The second-order valence-corrected chi connectivity index (χ2v) is 4.88. The Balaban J connectivity index is 1.77. The van der Waals surface area contributed by atoms with Gasteiger partial charge >= 0.3 is 0 Å². The highest BCUT2D eigenvalue weighted by atomic mass is 19.1. The summed E-state index contributed by atoms with van der Waals surface area (Å²) in [5.74, 6) is 1.33. The number of alkyl halides is 1. The lowest BCUT2D eigenvalue weighted by atomic mass is 10.1. The summed E-state index contributed by atoms with van der Waals surface area (Å²) >= 11 is 0. The molecule has 2 aromatic rings. The van der Waals surface area contributed by atoms with Gasteiger partial charge in [0.1, 0.15) is 17.9 Å². The van der Waals surface area contributed by atoms with Gasteiger partial charge in [0.25, 0.3) is 0 Å². The summed E-state index contributed by atoms with van der Waals surface area (Å²) in [6, 6.07) is 7.14. The van der Waals surface area contributed by atoms with E-state index in [-0.39, 0.29) is 0 Å². The van der Waals surface area contributed by atoms with Gasteiger partial charge in [-0.05, 0) is 37.2 Å². The molecule has 1 atom stereocenters. The van der Waals surface area contributed by atoms with Crippen molar-refractivity contribution in [2.75, 3.05) is 11.9 Å². The van der Waals surface area contributed by atoms with Crippen LogP contribution in [0.15, 0.2) is 30.6 Å². The Morgan fingerprint density at radius 1 is 1.29 bits per heavy atom. The van der Waals surface area contributed by atoms with Crippen molar-refractivity contribution in [1.29, 1.82) is 0 Å². The summed E-state index contributed by atoms with van der Waals surface area (Å²) in [5.41, 5.74) is 3.06. The minimum Gasteiger partial charge on any atom is -0.461 e. The molecule has 1 aliphatic heterocycles. The van der Waals surface area contributed by atoms with Crippen molar-refractivity contribution in [3.8, 4) is 5.75 Å². The second kappa shape index (κ2) is 6.05. The lowest BCUT2D eigenvalue weighted by Gasteiger charge is -2.19. The number of ether oxygens (including phenoxy) is 1. The van der Waals surface area contributed by atoms with Gasteiger partial charge in [-0.15, -0.1) is 0 Å². The first kappa shape index (κ1) is 13.8. The largest absolute Gasteiger partial charge is 0.461 e. The van der Waals surface area contributed by atoms with Crippen molar-refractivity contribution in [2.45, 2.75) is 26.2 Å². The number of hydrogen-bond donors (Lipinski definition) is 2. The lowest BCUT2D eigenvalue weighted by molar-refractivity contribution is 0.0861. The monoisotopic (exact) mass is 288 g/mol. The zero-order valence-corrected chi connectivity index (χ0v) is 11.8. The molecular formula is C15H17FN4O. The van der Waals surface area contributed by atoms with E-state index in [0.717, 1.165) is 42.3 Å². The maximum Gasteiger partial charge on any atom is 0.235 e. The molecule has 2 N–H and O–H groups in total. The fraction of sp³-hybridized carbons (Fsp3) is 0.333. The smallest absolute Gasteiger partial charge is 0.235 e. The van der Waals surface area contributed by atoms with E-state index in [1.54, 1.807) is 18.5 Å². The normalized spacial score (nSPS) is 15.1. The summed E-state index contributed by atoms with van der Waals surface area (Å²) in [6.45, 7) is 3.05. The van der Waals surface area contributed by atoms with Crippen molar-refractivity contribution in [2.24, 2.45) is 0 Å². The van der Waals surface area contributed by atoms with E-state index < -0.39 is 6.36 Å². The lowest BCUT2D eigenvalue weighted by Crippen LogP contribution is -2.25. The Labute approximate surface area is 122 Å². The van der Waals surface area contributed by atoms with Crippen LogP contribution in [0, 0.1) is 0 Å². The van der Waals surface area contributed by atoms with Gasteiger partial charge in [0.2, 0.25) is 6.36 Å². The fourth-order valence-corrected chi connectivity index (χ4v) is 2.33. The van der Waals surface area contributed by atoms with Crippen LogP contribution in [0.3, 0.4) is 0 Å². The zero-order valence-electron chi connectivity index (χ0n) is 11.8. The molecule has 1 aromatic heterocycles. The van der Waals surface area contributed by atoms with Crippen LogP contribution in [-0.4, -0.2) is 22.9 Å². The van der Waals surface area contributed by atoms with E-state index in [1.807, 2.05) is 12.1 Å². The van der Waals surface area contributed by atoms with Crippen LogP contribution in [0.5, 0.6) is 5.75 Å². The first-order chi connectivity index (χ1) is 10.2. The Morgan fingerprint density at radius 2 is 2.10 bits per heavy atom. The molecule has 0 fully saturated rings. The van der Waals surface area contributed by atoms with Crippen LogP contribution < -0.4 is 15.4 Å². The van der Waals surface area contributed by atoms with Crippen LogP contribution in [0.2, 0.25) is 0 Å². The molecule has 0 aliphatic carbocycles. The summed E-state index contributed by atoms with van der Waals surface area (Å²) in [6.07, 6.45) is 1.15. The highest BCUT2D eigenvalue weighted by Crippen LogP contribution is 2.24. The molecule has 1 unspecified atom stereocenters. The minimum absolute atomic E-state index is 0.504. The summed E-state index contributed by atoms with van der Waals surface area (Å²) in [4.78, 5) is 8.61. The van der Waals surface area contributed by atoms with Crippen molar-refractivity contribution < 1.29 is 9.13 Å². The van der Waals surface area contributed by atoms with Crippen molar-refractivity contribution in [1.82, 2.24) is 15.3 Å². The Hall–Kier alpha value is -2.21. The highest BCUT2D eigenvalue weighted by molar-refractivity contribution is 5.61. The summed E-state index contributed by atoms with van der Waals surface area (Å²) in [7, 11) is 0. The van der Waals surface area contributed by atoms with E-state index in [4.69, 9.17) is 4.74 Å². The predicted molar refractivity (Wildman–Crippen MR) is 78.4 cm³/mol. The fourth-order valence-electron chi connectivity index (χ4n) is 2.33. The molecule has 0 radical (unpaired) electrons. The van der Waals surface area contributed by atoms with E-state index in [0.29, 0.717) is 5.75 Å². The second-order valence-electron chi connectivity index (χ2n) is 4.88. The Morgan fingerprint density at radius 3 is 2.86 bits per heavy atom. The summed E-state index contributed by atoms with van der Waals surface area (Å²) in [5, 5.41) is 6.57. The van der Waals surface area contributed by atoms with Crippen molar-refractivity contribution in [3.63, 3.8) is 0 Å². The molecule has 5 nitrogen and oxygen atoms in total. The average Bonchev–Trinajstić information content (AvgIpc) is 2.49. The molecule has 2 heterocycles. The molecule has 0 saturated carbocycles. The molecule has 1 aromatic carbocycles. The molecule has 0 bridgehead atoms. The molecule has 0 saturated heterocycles. The van der Waals surface area contributed by atoms with Gasteiger partial charge in [-0.25, -0.2) is 14.4 Å². The van der Waals surface area contributed by atoms with Gasteiger partial charge in [0, 0.05) is 24.7 Å². The number of halogens is 1. The molecule has 1 aliphatic rings. The highest BCUT2D eigenvalue weighted by Gasteiger charge is 2.15. The van der Waals surface area contributed by atoms with E-state index in [9.17, 15) is 4.39 Å². The molecule has 110 valence electrons.